The third-order valence-electron chi connectivity index (χ3n) is 2.93. The fraction of sp³-hybridized carbons (Fsp3) is 0.231. The highest BCUT2D eigenvalue weighted by molar-refractivity contribution is 9.10. The zero-order valence-electron chi connectivity index (χ0n) is 10.3. The number of carbonyl (C=O) groups excluding carboxylic acids is 2. The monoisotopic (exact) mass is 324 g/mol. The average Bonchev–Trinajstić information content (AvgIpc) is 2.37. The summed E-state index contributed by atoms with van der Waals surface area (Å²) >= 11 is 3.37. The molecule has 2 N–H and O–H groups in total. The number of hydrogen-bond acceptors (Lipinski definition) is 3. The summed E-state index contributed by atoms with van der Waals surface area (Å²) in [5, 5.41) is 5.22. The lowest BCUT2D eigenvalue weighted by Gasteiger charge is -2.33. The van der Waals surface area contributed by atoms with Gasteiger partial charge in [-0.05, 0) is 17.7 Å². The SMILES string of the molecule is C=C1NC(=O)NC(c2cccc(Br)c2)C1C(=O)OC. The Bertz CT molecular complexity index is 544. The van der Waals surface area contributed by atoms with Crippen LogP contribution in [0.4, 0.5) is 4.79 Å². The summed E-state index contributed by atoms with van der Waals surface area (Å²) in [6.07, 6.45) is 0. The van der Waals surface area contributed by atoms with Crippen molar-refractivity contribution >= 4 is 27.9 Å². The van der Waals surface area contributed by atoms with E-state index in [-0.39, 0.29) is 6.03 Å². The quantitative estimate of drug-likeness (QED) is 0.819. The first-order valence-corrected chi connectivity index (χ1v) is 6.42. The normalized spacial score (nSPS) is 22.4. The Morgan fingerprint density at radius 2 is 2.21 bits per heavy atom. The fourth-order valence-corrected chi connectivity index (χ4v) is 2.48. The number of methoxy groups -OCH3 is 1. The maximum atomic E-state index is 11.9. The number of carbonyl (C=O) groups is 2. The zero-order chi connectivity index (χ0) is 14.0. The summed E-state index contributed by atoms with van der Waals surface area (Å²) in [6, 6.07) is 6.52. The number of ether oxygens (including phenoxy) is 1. The second kappa shape index (κ2) is 5.44. The van der Waals surface area contributed by atoms with Crippen molar-refractivity contribution in [1.29, 1.82) is 0 Å². The van der Waals surface area contributed by atoms with Gasteiger partial charge in [-0.15, -0.1) is 0 Å². The van der Waals surface area contributed by atoms with Crippen molar-refractivity contribution in [1.82, 2.24) is 10.6 Å². The van der Waals surface area contributed by atoms with Crippen molar-refractivity contribution in [2.24, 2.45) is 5.92 Å². The molecule has 100 valence electrons. The van der Waals surface area contributed by atoms with E-state index in [0.717, 1.165) is 10.0 Å². The van der Waals surface area contributed by atoms with Crippen molar-refractivity contribution in [3.8, 4) is 0 Å². The molecule has 0 saturated carbocycles. The van der Waals surface area contributed by atoms with Gasteiger partial charge in [-0.1, -0.05) is 34.6 Å². The van der Waals surface area contributed by atoms with Crippen molar-refractivity contribution in [2.75, 3.05) is 7.11 Å². The number of nitrogens with one attached hydrogen (secondary N) is 2. The first-order chi connectivity index (χ1) is 9.02. The molecule has 0 aromatic heterocycles. The summed E-state index contributed by atoms with van der Waals surface area (Å²) in [5.41, 5.74) is 1.14. The Morgan fingerprint density at radius 1 is 1.47 bits per heavy atom. The molecular weight excluding hydrogens is 312 g/mol. The number of amides is 2. The molecule has 2 rings (SSSR count). The van der Waals surface area contributed by atoms with Crippen molar-refractivity contribution in [3.05, 3.63) is 46.6 Å². The molecule has 6 heteroatoms. The molecule has 1 aliphatic heterocycles. The number of halogens is 1. The van der Waals surface area contributed by atoms with Gasteiger partial charge in [-0.25, -0.2) is 4.79 Å². The van der Waals surface area contributed by atoms with E-state index in [4.69, 9.17) is 4.74 Å². The topological polar surface area (TPSA) is 67.4 Å². The highest BCUT2D eigenvalue weighted by Crippen LogP contribution is 2.31. The van der Waals surface area contributed by atoms with Crippen LogP contribution in [0.5, 0.6) is 0 Å². The maximum Gasteiger partial charge on any atom is 0.319 e. The first-order valence-electron chi connectivity index (χ1n) is 5.62. The minimum absolute atomic E-state index is 0.334. The Labute approximate surface area is 119 Å². The lowest BCUT2D eigenvalue weighted by molar-refractivity contribution is -0.145. The molecule has 0 aliphatic carbocycles. The Kier molecular flexibility index (Phi) is 3.90. The molecule has 2 atom stereocenters. The summed E-state index contributed by atoms with van der Waals surface area (Å²) in [7, 11) is 1.31. The van der Waals surface area contributed by atoms with Crippen LogP contribution in [0.1, 0.15) is 11.6 Å². The van der Waals surface area contributed by atoms with Gasteiger partial charge in [0.05, 0.1) is 13.2 Å². The smallest absolute Gasteiger partial charge is 0.319 e. The van der Waals surface area contributed by atoms with Gasteiger partial charge in [0.2, 0.25) is 0 Å². The number of esters is 1. The first kappa shape index (κ1) is 13.6. The molecule has 0 bridgehead atoms. The van der Waals surface area contributed by atoms with Gasteiger partial charge in [0.25, 0.3) is 0 Å². The Morgan fingerprint density at radius 3 is 2.84 bits per heavy atom. The molecule has 2 unspecified atom stereocenters. The molecule has 0 spiro atoms. The number of benzene rings is 1. The van der Waals surface area contributed by atoms with Gasteiger partial charge < -0.3 is 15.4 Å². The largest absolute Gasteiger partial charge is 0.468 e. The van der Waals surface area contributed by atoms with E-state index < -0.39 is 17.9 Å². The van der Waals surface area contributed by atoms with E-state index in [0.29, 0.717) is 5.70 Å². The van der Waals surface area contributed by atoms with Gasteiger partial charge in [0, 0.05) is 10.2 Å². The number of hydrogen-bond donors (Lipinski definition) is 2. The molecule has 1 heterocycles. The highest BCUT2D eigenvalue weighted by Gasteiger charge is 2.38. The average molecular weight is 325 g/mol. The van der Waals surface area contributed by atoms with E-state index >= 15 is 0 Å². The van der Waals surface area contributed by atoms with E-state index in [1.165, 1.54) is 7.11 Å². The van der Waals surface area contributed by atoms with Gasteiger partial charge in [-0.3, -0.25) is 4.79 Å². The maximum absolute atomic E-state index is 11.9. The molecule has 1 aromatic carbocycles. The fourth-order valence-electron chi connectivity index (χ4n) is 2.07. The molecular formula is C13H13BrN2O3. The van der Waals surface area contributed by atoms with Crippen LogP contribution in [-0.4, -0.2) is 19.1 Å². The molecule has 0 radical (unpaired) electrons. The molecule has 1 aromatic rings. The lowest BCUT2D eigenvalue weighted by atomic mass is 9.89. The third kappa shape index (κ3) is 2.78. The van der Waals surface area contributed by atoms with Crippen LogP contribution in [0.15, 0.2) is 41.0 Å². The van der Waals surface area contributed by atoms with Gasteiger partial charge in [0.15, 0.2) is 0 Å². The highest BCUT2D eigenvalue weighted by atomic mass is 79.9. The number of rotatable bonds is 2. The second-order valence-corrected chi connectivity index (χ2v) is 5.07. The van der Waals surface area contributed by atoms with Crippen LogP contribution in [-0.2, 0) is 9.53 Å². The van der Waals surface area contributed by atoms with Gasteiger partial charge in [-0.2, -0.15) is 0 Å². The zero-order valence-corrected chi connectivity index (χ0v) is 11.9. The van der Waals surface area contributed by atoms with E-state index in [2.05, 4.69) is 33.1 Å². The minimum atomic E-state index is -0.656. The van der Waals surface area contributed by atoms with Crippen LogP contribution in [0, 0.1) is 5.92 Å². The molecule has 1 aliphatic rings. The molecule has 19 heavy (non-hydrogen) atoms. The van der Waals surface area contributed by atoms with E-state index in [9.17, 15) is 9.59 Å². The third-order valence-corrected chi connectivity index (χ3v) is 3.43. The van der Waals surface area contributed by atoms with E-state index in [1.807, 2.05) is 24.3 Å². The van der Waals surface area contributed by atoms with Crippen molar-refractivity contribution in [3.63, 3.8) is 0 Å². The molecule has 5 nitrogen and oxygen atoms in total. The molecule has 1 saturated heterocycles. The lowest BCUT2D eigenvalue weighted by Crippen LogP contribution is -2.51. The predicted octanol–water partition coefficient (Wildman–Crippen LogP) is 2.11. The van der Waals surface area contributed by atoms with Crippen LogP contribution >= 0.6 is 15.9 Å². The predicted molar refractivity (Wildman–Crippen MR) is 73.2 cm³/mol. The standard InChI is InChI=1S/C13H13BrN2O3/c1-7-10(12(17)19-2)11(16-13(18)15-7)8-4-3-5-9(14)6-8/h3-6,10-11H,1H2,2H3,(H2,15,16,18). The van der Waals surface area contributed by atoms with Gasteiger partial charge in [0.1, 0.15) is 5.92 Å². The van der Waals surface area contributed by atoms with Crippen LogP contribution < -0.4 is 10.6 Å². The summed E-state index contributed by atoms with van der Waals surface area (Å²) in [6.45, 7) is 3.73. The Hall–Kier alpha value is -1.82. The molecule has 2 amide bonds. The second-order valence-electron chi connectivity index (χ2n) is 4.16. The van der Waals surface area contributed by atoms with Crippen molar-refractivity contribution in [2.45, 2.75) is 6.04 Å². The van der Waals surface area contributed by atoms with E-state index in [1.54, 1.807) is 0 Å². The van der Waals surface area contributed by atoms with Crippen LogP contribution in [0.25, 0.3) is 0 Å². The molecule has 1 fully saturated rings. The summed E-state index contributed by atoms with van der Waals surface area (Å²) in [4.78, 5) is 23.4. The minimum Gasteiger partial charge on any atom is -0.468 e. The summed E-state index contributed by atoms with van der Waals surface area (Å²) < 4.78 is 5.64. The van der Waals surface area contributed by atoms with Crippen LogP contribution in [0.2, 0.25) is 0 Å². The summed E-state index contributed by atoms with van der Waals surface area (Å²) in [5.74, 6) is -1.10. The van der Waals surface area contributed by atoms with Crippen molar-refractivity contribution < 1.29 is 14.3 Å². The number of urea groups is 1. The Balaban J connectivity index is 2.40. The van der Waals surface area contributed by atoms with Gasteiger partial charge >= 0.3 is 12.0 Å². The van der Waals surface area contributed by atoms with Crippen LogP contribution in [0.3, 0.4) is 0 Å².